The van der Waals surface area contributed by atoms with Gasteiger partial charge in [0.25, 0.3) is 0 Å². The highest BCUT2D eigenvalue weighted by molar-refractivity contribution is 6.72. The smallest absolute Gasteiger partial charge is 0.104 e. The van der Waals surface area contributed by atoms with Gasteiger partial charge in [0.15, 0.2) is 0 Å². The Morgan fingerprint density at radius 2 is 1.00 bits per heavy atom. The maximum Gasteiger partial charge on any atom is 0.104 e. The number of hydrogen-bond acceptors (Lipinski definition) is 1. The van der Waals surface area contributed by atoms with Crippen molar-refractivity contribution in [1.82, 2.24) is 4.23 Å². The van der Waals surface area contributed by atoms with E-state index >= 15 is 0 Å². The largest absolute Gasteiger partial charge is 0.353 e. The van der Waals surface area contributed by atoms with Crippen molar-refractivity contribution in [2.24, 2.45) is 0 Å². The molecule has 0 N–H and O–H groups in total. The van der Waals surface area contributed by atoms with Crippen molar-refractivity contribution in [2.45, 2.75) is 51.9 Å². The zero-order chi connectivity index (χ0) is 9.56. The fraction of sp³-hybridized carbons (Fsp3) is 1.00. The molecule has 0 aliphatic carbocycles. The van der Waals surface area contributed by atoms with E-state index in [9.17, 15) is 0 Å². The topological polar surface area (TPSA) is 3.24 Å². The molecule has 0 unspecified atom stereocenters. The third kappa shape index (κ3) is 3.41. The van der Waals surface area contributed by atoms with Crippen LogP contribution >= 0.6 is 0 Å². The van der Waals surface area contributed by atoms with Crippen LogP contribution in [0, 0.1) is 0 Å². The van der Waals surface area contributed by atoms with Crippen LogP contribution in [0.3, 0.4) is 0 Å². The number of hydrogen-bond donors (Lipinski definition) is 0. The van der Waals surface area contributed by atoms with Crippen LogP contribution in [0.1, 0.15) is 27.7 Å². The highest BCUT2D eigenvalue weighted by Gasteiger charge is 2.19. The SMILES string of the molecule is CC[SiH](CC)N(C)[SiH](CC)CC. The average Bonchev–Trinajstić information content (AvgIpc) is 2.09. The van der Waals surface area contributed by atoms with Crippen LogP contribution in [0.5, 0.6) is 0 Å². The maximum atomic E-state index is 2.83. The molecule has 0 fully saturated rings. The van der Waals surface area contributed by atoms with Crippen LogP contribution in [0.15, 0.2) is 0 Å². The first-order chi connectivity index (χ1) is 5.71. The van der Waals surface area contributed by atoms with Crippen molar-refractivity contribution >= 4 is 17.9 Å². The van der Waals surface area contributed by atoms with Crippen molar-refractivity contribution in [3.05, 3.63) is 0 Å². The summed E-state index contributed by atoms with van der Waals surface area (Å²) in [6.07, 6.45) is 0. The minimum Gasteiger partial charge on any atom is -0.353 e. The monoisotopic (exact) mass is 203 g/mol. The second kappa shape index (κ2) is 6.86. The van der Waals surface area contributed by atoms with Crippen LogP contribution in [0.25, 0.3) is 0 Å². The van der Waals surface area contributed by atoms with Gasteiger partial charge in [0.2, 0.25) is 0 Å². The molecule has 74 valence electrons. The first-order valence-corrected chi connectivity index (χ1v) is 9.72. The molecule has 0 aromatic carbocycles. The molecule has 0 saturated carbocycles. The van der Waals surface area contributed by atoms with Gasteiger partial charge in [0.05, 0.1) is 0 Å². The molecule has 0 aromatic heterocycles. The molecule has 1 nitrogen and oxygen atoms in total. The second-order valence-corrected chi connectivity index (χ2v) is 11.7. The predicted molar refractivity (Wildman–Crippen MR) is 64.0 cm³/mol. The maximum absolute atomic E-state index is 2.83. The number of rotatable bonds is 6. The summed E-state index contributed by atoms with van der Waals surface area (Å²) in [6, 6.07) is 5.82. The molecule has 0 atom stereocenters. The van der Waals surface area contributed by atoms with Crippen molar-refractivity contribution in [3.8, 4) is 0 Å². The Labute approximate surface area is 81.5 Å². The fourth-order valence-electron chi connectivity index (χ4n) is 2.03. The first kappa shape index (κ1) is 12.4. The summed E-state index contributed by atoms with van der Waals surface area (Å²) in [7, 11) is 1.43. The van der Waals surface area contributed by atoms with E-state index in [1.54, 1.807) is 0 Å². The van der Waals surface area contributed by atoms with Gasteiger partial charge in [-0.2, -0.15) is 0 Å². The van der Waals surface area contributed by atoms with E-state index in [0.717, 1.165) is 0 Å². The van der Waals surface area contributed by atoms with Crippen molar-refractivity contribution in [2.75, 3.05) is 7.05 Å². The van der Waals surface area contributed by atoms with Crippen molar-refractivity contribution in [1.29, 1.82) is 0 Å². The normalized spacial score (nSPS) is 12.0. The molecule has 0 saturated heterocycles. The molecule has 0 aliphatic heterocycles. The number of nitrogens with zero attached hydrogens (tertiary/aromatic N) is 1. The van der Waals surface area contributed by atoms with E-state index in [0.29, 0.717) is 0 Å². The summed E-state index contributed by atoms with van der Waals surface area (Å²) in [5.41, 5.74) is 0. The molecule has 0 radical (unpaired) electrons. The van der Waals surface area contributed by atoms with Gasteiger partial charge >= 0.3 is 0 Å². The Balaban J connectivity index is 4.02. The Morgan fingerprint density at radius 3 is 1.17 bits per heavy atom. The van der Waals surface area contributed by atoms with Crippen molar-refractivity contribution in [3.63, 3.8) is 0 Å². The van der Waals surface area contributed by atoms with E-state index in [4.69, 9.17) is 0 Å². The predicted octanol–water partition coefficient (Wildman–Crippen LogP) is 2.45. The molecule has 3 heteroatoms. The third-order valence-electron chi connectivity index (χ3n) is 3.04. The summed E-state index contributed by atoms with van der Waals surface area (Å²) in [4.78, 5) is 0. The van der Waals surface area contributed by atoms with Crippen molar-refractivity contribution < 1.29 is 0 Å². The summed E-state index contributed by atoms with van der Waals surface area (Å²) < 4.78 is 2.83. The van der Waals surface area contributed by atoms with Crippen LogP contribution in [0.4, 0.5) is 0 Å². The lowest BCUT2D eigenvalue weighted by atomic mass is 10.9. The van der Waals surface area contributed by atoms with Gasteiger partial charge in [0.1, 0.15) is 17.9 Å². The van der Waals surface area contributed by atoms with Crippen LogP contribution in [-0.4, -0.2) is 29.2 Å². The average molecular weight is 203 g/mol. The highest BCUT2D eigenvalue weighted by atomic mass is 28.4. The van der Waals surface area contributed by atoms with E-state index < -0.39 is 17.9 Å². The third-order valence-corrected chi connectivity index (χ3v) is 11.6. The first-order valence-electron chi connectivity index (χ1n) is 5.43. The van der Waals surface area contributed by atoms with E-state index in [1.807, 2.05) is 0 Å². The highest BCUT2D eigenvalue weighted by Crippen LogP contribution is 2.10. The zero-order valence-corrected chi connectivity index (χ0v) is 11.7. The molecule has 0 aromatic rings. The lowest BCUT2D eigenvalue weighted by molar-refractivity contribution is 0.767. The van der Waals surface area contributed by atoms with Gasteiger partial charge < -0.3 is 4.23 Å². The van der Waals surface area contributed by atoms with Gasteiger partial charge in [0, 0.05) is 0 Å². The van der Waals surface area contributed by atoms with Gasteiger partial charge in [-0.05, 0) is 7.05 Å². The lowest BCUT2D eigenvalue weighted by Crippen LogP contribution is -2.45. The quantitative estimate of drug-likeness (QED) is 0.600. The Hall–Kier alpha value is 0.394. The molecule has 0 spiro atoms. The zero-order valence-electron chi connectivity index (χ0n) is 9.43. The Morgan fingerprint density at radius 1 is 0.750 bits per heavy atom. The molecule has 0 bridgehead atoms. The fourth-order valence-corrected chi connectivity index (χ4v) is 10.4. The molecular weight excluding hydrogens is 178 g/mol. The molecule has 0 rings (SSSR count). The van der Waals surface area contributed by atoms with E-state index in [-0.39, 0.29) is 0 Å². The molecule has 12 heavy (non-hydrogen) atoms. The second-order valence-electron chi connectivity index (χ2n) is 3.61. The molecule has 0 aliphatic rings. The minimum atomic E-state index is -0.484. The molecule has 0 heterocycles. The molecular formula is C9H25NSi2. The van der Waals surface area contributed by atoms with Crippen LogP contribution in [-0.2, 0) is 0 Å². The van der Waals surface area contributed by atoms with E-state index in [1.165, 1.54) is 24.2 Å². The van der Waals surface area contributed by atoms with Gasteiger partial charge in [-0.25, -0.2) is 0 Å². The van der Waals surface area contributed by atoms with Crippen LogP contribution in [0.2, 0.25) is 24.2 Å². The summed E-state index contributed by atoms with van der Waals surface area (Å²) in [6.45, 7) is 9.47. The Kier molecular flexibility index (Phi) is 7.09. The summed E-state index contributed by atoms with van der Waals surface area (Å²) in [5, 5.41) is 0. The van der Waals surface area contributed by atoms with E-state index in [2.05, 4.69) is 39.0 Å². The summed E-state index contributed by atoms with van der Waals surface area (Å²) in [5.74, 6) is 0. The van der Waals surface area contributed by atoms with Gasteiger partial charge in [-0.1, -0.05) is 51.9 Å². The standard InChI is InChI=1S/C9H25NSi2/c1-6-11(7-2)10(5)12(8-3)9-4/h11-12H,6-9H2,1-5H3. The lowest BCUT2D eigenvalue weighted by Gasteiger charge is -2.31. The van der Waals surface area contributed by atoms with Gasteiger partial charge in [-0.3, -0.25) is 0 Å². The summed E-state index contributed by atoms with van der Waals surface area (Å²) >= 11 is 0. The molecule has 0 amide bonds. The minimum absolute atomic E-state index is 0.484. The Bertz CT molecular complexity index is 88.7. The van der Waals surface area contributed by atoms with Crippen LogP contribution < -0.4 is 0 Å². The van der Waals surface area contributed by atoms with Gasteiger partial charge in [-0.15, -0.1) is 0 Å².